The molecule has 36 heavy (non-hydrogen) atoms. The fraction of sp³-hybridized carbons (Fsp3) is 0.214. The lowest BCUT2D eigenvalue weighted by Gasteiger charge is -2.18. The summed E-state index contributed by atoms with van der Waals surface area (Å²) in [6.07, 6.45) is 0. The van der Waals surface area contributed by atoms with Crippen molar-refractivity contribution in [3.8, 4) is 5.69 Å². The number of aryl methyl sites for hydroxylation is 2. The molecule has 2 atom stereocenters. The first-order valence-corrected chi connectivity index (χ1v) is 12.7. The smallest absolute Gasteiger partial charge is 0.267 e. The Hall–Kier alpha value is -3.91. The number of rotatable bonds is 6. The maximum atomic E-state index is 13.7. The van der Waals surface area contributed by atoms with Crippen molar-refractivity contribution in [3.63, 3.8) is 0 Å². The summed E-state index contributed by atoms with van der Waals surface area (Å²) in [5.41, 5.74) is 4.33. The number of amides is 1. The molecule has 0 aliphatic heterocycles. The van der Waals surface area contributed by atoms with Crippen molar-refractivity contribution in [1.82, 2.24) is 24.5 Å². The molecule has 0 saturated carbocycles. The molecule has 0 saturated heterocycles. The second-order valence-electron chi connectivity index (χ2n) is 8.92. The minimum atomic E-state index is -0.428. The van der Waals surface area contributed by atoms with Gasteiger partial charge in [0.15, 0.2) is 5.16 Å². The number of thioether (sulfide) groups is 1. The van der Waals surface area contributed by atoms with Gasteiger partial charge in [0.25, 0.3) is 5.56 Å². The van der Waals surface area contributed by atoms with Crippen molar-refractivity contribution in [2.24, 2.45) is 0 Å². The molecule has 2 unspecified atom stereocenters. The van der Waals surface area contributed by atoms with Crippen LogP contribution in [0.4, 0.5) is 0 Å². The molecule has 3 aromatic carbocycles. The zero-order chi connectivity index (χ0) is 25.4. The summed E-state index contributed by atoms with van der Waals surface area (Å²) < 4.78 is 3.50. The summed E-state index contributed by atoms with van der Waals surface area (Å²) in [5.74, 6) is 0.323. The lowest BCUT2D eigenvalue weighted by Crippen LogP contribution is -2.33. The van der Waals surface area contributed by atoms with Crippen LogP contribution in [0.2, 0.25) is 0 Å². The molecule has 1 N–H and O–H groups in total. The van der Waals surface area contributed by atoms with Crippen LogP contribution >= 0.6 is 11.8 Å². The molecular weight excluding hydrogens is 470 g/mol. The van der Waals surface area contributed by atoms with E-state index in [1.165, 1.54) is 11.8 Å². The van der Waals surface area contributed by atoms with Gasteiger partial charge in [0.2, 0.25) is 11.7 Å². The largest absolute Gasteiger partial charge is 0.349 e. The van der Waals surface area contributed by atoms with E-state index < -0.39 is 5.25 Å². The molecule has 0 fully saturated rings. The van der Waals surface area contributed by atoms with Crippen LogP contribution in [0.15, 0.2) is 82.7 Å². The topological polar surface area (TPSA) is 81.3 Å². The Labute approximate surface area is 213 Å². The summed E-state index contributed by atoms with van der Waals surface area (Å²) in [7, 11) is 0. The van der Waals surface area contributed by atoms with Crippen molar-refractivity contribution in [1.29, 1.82) is 0 Å². The van der Waals surface area contributed by atoms with Crippen LogP contribution in [0.3, 0.4) is 0 Å². The number of carbonyl (C=O) groups is 1. The zero-order valence-electron chi connectivity index (χ0n) is 20.6. The fourth-order valence-corrected chi connectivity index (χ4v) is 5.35. The molecule has 2 aromatic heterocycles. The van der Waals surface area contributed by atoms with Gasteiger partial charge in [-0.3, -0.25) is 14.0 Å². The Kier molecular flexibility index (Phi) is 6.36. The third-order valence-electron chi connectivity index (χ3n) is 6.37. The van der Waals surface area contributed by atoms with Crippen molar-refractivity contribution >= 4 is 34.3 Å². The maximum Gasteiger partial charge on any atom is 0.267 e. The highest BCUT2D eigenvalue weighted by Crippen LogP contribution is 2.28. The number of nitrogens with one attached hydrogen (secondary N) is 1. The lowest BCUT2D eigenvalue weighted by atomic mass is 10.1. The first kappa shape index (κ1) is 23.8. The normalized spacial score (nSPS) is 13.1. The van der Waals surface area contributed by atoms with E-state index in [-0.39, 0.29) is 17.5 Å². The van der Waals surface area contributed by atoms with Gasteiger partial charge in [-0.25, -0.2) is 4.57 Å². The third kappa shape index (κ3) is 4.18. The Morgan fingerprint density at radius 2 is 1.56 bits per heavy atom. The van der Waals surface area contributed by atoms with Crippen LogP contribution < -0.4 is 10.9 Å². The highest BCUT2D eigenvalue weighted by Gasteiger charge is 2.24. The van der Waals surface area contributed by atoms with Crippen molar-refractivity contribution in [2.45, 2.75) is 44.1 Å². The van der Waals surface area contributed by atoms with Crippen molar-refractivity contribution in [3.05, 3.63) is 99.8 Å². The van der Waals surface area contributed by atoms with E-state index in [0.29, 0.717) is 21.8 Å². The van der Waals surface area contributed by atoms with Gasteiger partial charge in [-0.05, 0) is 56.5 Å². The SMILES string of the molecule is Cc1cccc(C)c1-n1c(=O)c2ccccc2n2c(SC(C)C(=O)NC(C)c3ccccc3)nnc12. The number of benzene rings is 3. The Bertz CT molecular complexity index is 1620. The summed E-state index contributed by atoms with van der Waals surface area (Å²) in [6, 6.07) is 23.1. The predicted molar refractivity (Wildman–Crippen MR) is 144 cm³/mol. The minimum absolute atomic E-state index is 0.0968. The monoisotopic (exact) mass is 497 g/mol. The summed E-state index contributed by atoms with van der Waals surface area (Å²) >= 11 is 1.32. The van der Waals surface area contributed by atoms with Gasteiger partial charge in [-0.1, -0.05) is 72.4 Å². The first-order chi connectivity index (χ1) is 17.4. The Morgan fingerprint density at radius 3 is 2.28 bits per heavy atom. The Balaban J connectivity index is 1.58. The highest BCUT2D eigenvalue weighted by atomic mass is 32.2. The van der Waals surface area contributed by atoms with E-state index >= 15 is 0 Å². The van der Waals surface area contributed by atoms with Gasteiger partial charge in [0, 0.05) is 0 Å². The minimum Gasteiger partial charge on any atom is -0.349 e. The molecule has 5 aromatic rings. The second-order valence-corrected chi connectivity index (χ2v) is 10.2. The van der Waals surface area contributed by atoms with E-state index in [4.69, 9.17) is 0 Å². The van der Waals surface area contributed by atoms with E-state index in [1.54, 1.807) is 4.57 Å². The molecule has 182 valence electrons. The molecule has 0 bridgehead atoms. The standard InChI is InChI=1S/C28H27N5O2S/c1-17-11-10-12-18(2)24(17)33-26(35)22-15-8-9-16-23(22)32-27(33)30-31-28(32)36-20(4)25(34)29-19(3)21-13-6-5-7-14-21/h5-16,19-20H,1-4H3,(H,29,34). The molecule has 5 rings (SSSR count). The number of nitrogens with zero attached hydrogens (tertiary/aromatic N) is 4. The van der Waals surface area contributed by atoms with Crippen molar-refractivity contribution in [2.75, 3.05) is 0 Å². The zero-order valence-corrected chi connectivity index (χ0v) is 21.4. The maximum absolute atomic E-state index is 13.7. The number of hydrogen-bond acceptors (Lipinski definition) is 5. The number of para-hydroxylation sites is 2. The number of carbonyl (C=O) groups excluding carboxylic acids is 1. The van der Waals surface area contributed by atoms with E-state index in [9.17, 15) is 9.59 Å². The van der Waals surface area contributed by atoms with Gasteiger partial charge in [-0.2, -0.15) is 0 Å². The van der Waals surface area contributed by atoms with Crippen LogP contribution in [-0.4, -0.2) is 30.3 Å². The molecule has 0 spiro atoms. The molecule has 0 radical (unpaired) electrons. The lowest BCUT2D eigenvalue weighted by molar-refractivity contribution is -0.120. The van der Waals surface area contributed by atoms with Crippen molar-refractivity contribution < 1.29 is 4.79 Å². The second kappa shape index (κ2) is 9.62. The number of fused-ring (bicyclic) bond motifs is 3. The van der Waals surface area contributed by atoms with E-state index in [2.05, 4.69) is 15.5 Å². The molecule has 0 aliphatic carbocycles. The predicted octanol–water partition coefficient (Wildman–Crippen LogP) is 5.01. The average molecular weight is 498 g/mol. The average Bonchev–Trinajstić information content (AvgIpc) is 3.29. The molecule has 7 nitrogen and oxygen atoms in total. The molecule has 2 heterocycles. The quantitative estimate of drug-likeness (QED) is 0.334. The first-order valence-electron chi connectivity index (χ1n) is 11.8. The Morgan fingerprint density at radius 1 is 0.889 bits per heavy atom. The van der Waals surface area contributed by atoms with Crippen LogP contribution in [-0.2, 0) is 4.79 Å². The van der Waals surface area contributed by atoms with Gasteiger partial charge in [0.05, 0.1) is 27.9 Å². The molecule has 0 aliphatic rings. The van der Waals surface area contributed by atoms with Crippen LogP contribution in [0.25, 0.3) is 22.4 Å². The summed E-state index contributed by atoms with van der Waals surface area (Å²) in [6.45, 7) is 7.77. The van der Waals surface area contributed by atoms with E-state index in [1.807, 2.05) is 105 Å². The van der Waals surface area contributed by atoms with E-state index in [0.717, 1.165) is 22.4 Å². The molecule has 1 amide bonds. The molecule has 8 heteroatoms. The summed E-state index contributed by atoms with van der Waals surface area (Å²) in [5, 5.41) is 12.6. The fourth-order valence-electron chi connectivity index (χ4n) is 4.48. The van der Waals surface area contributed by atoms with Crippen LogP contribution in [0.1, 0.15) is 36.6 Å². The highest BCUT2D eigenvalue weighted by molar-refractivity contribution is 8.00. The number of hydrogen-bond donors (Lipinski definition) is 1. The molecular formula is C28H27N5O2S. The van der Waals surface area contributed by atoms with Gasteiger partial charge in [-0.15, -0.1) is 10.2 Å². The van der Waals surface area contributed by atoms with Gasteiger partial charge in [0.1, 0.15) is 0 Å². The number of aromatic nitrogens is 4. The van der Waals surface area contributed by atoms with Gasteiger partial charge < -0.3 is 5.32 Å². The van der Waals surface area contributed by atoms with Crippen LogP contribution in [0.5, 0.6) is 0 Å². The van der Waals surface area contributed by atoms with Gasteiger partial charge >= 0.3 is 0 Å². The third-order valence-corrected chi connectivity index (χ3v) is 7.41. The van der Waals surface area contributed by atoms with Crippen LogP contribution in [0, 0.1) is 13.8 Å². The summed E-state index contributed by atoms with van der Waals surface area (Å²) in [4.78, 5) is 26.7.